The summed E-state index contributed by atoms with van der Waals surface area (Å²) in [6.07, 6.45) is 0.487. The number of hydrogen-bond donors (Lipinski definition) is 1. The minimum absolute atomic E-state index is 0.0270. The van der Waals surface area contributed by atoms with Crippen LogP contribution in [0.1, 0.15) is 29.5 Å². The molecule has 3 rings (SSSR count). The van der Waals surface area contributed by atoms with E-state index in [9.17, 15) is 18.0 Å². The van der Waals surface area contributed by atoms with E-state index in [4.69, 9.17) is 15.7 Å². The zero-order valence-corrected chi connectivity index (χ0v) is 16.3. The van der Waals surface area contributed by atoms with Crippen LogP contribution >= 0.6 is 0 Å². The number of nitrogens with two attached hydrogens (primary N) is 1. The highest BCUT2D eigenvalue weighted by Crippen LogP contribution is 2.19. The van der Waals surface area contributed by atoms with Crippen LogP contribution in [0.5, 0.6) is 0 Å². The summed E-state index contributed by atoms with van der Waals surface area (Å²) in [5.74, 6) is -3.47. The molecule has 2 atom stereocenters. The molecule has 0 saturated carbocycles. The average molecular weight is 417 g/mol. The van der Waals surface area contributed by atoms with E-state index in [0.717, 1.165) is 11.6 Å². The second-order valence-corrected chi connectivity index (χ2v) is 7.40. The zero-order chi connectivity index (χ0) is 21.7. The molecule has 1 fully saturated rings. The van der Waals surface area contributed by atoms with Gasteiger partial charge >= 0.3 is 0 Å². The van der Waals surface area contributed by atoms with Gasteiger partial charge in [-0.3, -0.25) is 4.79 Å². The van der Waals surface area contributed by atoms with E-state index in [2.05, 4.69) is 6.07 Å². The maximum atomic E-state index is 13.8. The monoisotopic (exact) mass is 417 g/mol. The summed E-state index contributed by atoms with van der Waals surface area (Å²) in [5, 5.41) is 8.82. The molecule has 1 heterocycles. The van der Waals surface area contributed by atoms with Gasteiger partial charge in [-0.15, -0.1) is 0 Å². The molecule has 0 aliphatic carbocycles. The molecule has 0 unspecified atom stereocenters. The van der Waals surface area contributed by atoms with Crippen molar-refractivity contribution in [2.24, 2.45) is 5.73 Å². The molecule has 2 N–H and O–H groups in total. The normalized spacial score (nSPS) is 17.0. The Bertz CT molecular complexity index is 944. The summed E-state index contributed by atoms with van der Waals surface area (Å²) in [5.41, 5.74) is 7.40. The molecule has 158 valence electrons. The van der Waals surface area contributed by atoms with Gasteiger partial charge in [0.2, 0.25) is 5.91 Å². The maximum Gasteiger partial charge on any atom is 0.224 e. The van der Waals surface area contributed by atoms with Gasteiger partial charge in [0.25, 0.3) is 0 Å². The number of ether oxygens (including phenoxy) is 1. The van der Waals surface area contributed by atoms with Crippen molar-refractivity contribution in [1.29, 1.82) is 5.26 Å². The summed E-state index contributed by atoms with van der Waals surface area (Å²) in [7, 11) is 0. The molecule has 1 saturated heterocycles. The SMILES string of the molecule is N#Cc1ccc(CO[C@H]2CCN(C(=O)C[C@H](N)Cc3cc(F)c(F)cc3F)C2)cc1. The average Bonchev–Trinajstić information content (AvgIpc) is 3.20. The molecular formula is C22H22F3N3O2. The summed E-state index contributed by atoms with van der Waals surface area (Å²) in [6.45, 7) is 1.35. The van der Waals surface area contributed by atoms with Crippen molar-refractivity contribution in [1.82, 2.24) is 4.90 Å². The molecule has 0 bridgehead atoms. The fourth-order valence-corrected chi connectivity index (χ4v) is 3.41. The Morgan fingerprint density at radius 1 is 1.20 bits per heavy atom. The highest BCUT2D eigenvalue weighted by molar-refractivity contribution is 5.77. The van der Waals surface area contributed by atoms with E-state index in [-0.39, 0.29) is 30.4 Å². The molecule has 2 aromatic carbocycles. The van der Waals surface area contributed by atoms with Gasteiger partial charge in [0.05, 0.1) is 24.3 Å². The van der Waals surface area contributed by atoms with Crippen LogP contribution in [0.2, 0.25) is 0 Å². The number of halogens is 3. The number of nitriles is 1. The first-order valence-electron chi connectivity index (χ1n) is 9.63. The van der Waals surface area contributed by atoms with Crippen LogP contribution in [-0.4, -0.2) is 36.0 Å². The van der Waals surface area contributed by atoms with Crippen molar-refractivity contribution in [3.63, 3.8) is 0 Å². The Balaban J connectivity index is 1.46. The first-order valence-corrected chi connectivity index (χ1v) is 9.63. The smallest absolute Gasteiger partial charge is 0.224 e. The number of rotatable bonds is 7. The van der Waals surface area contributed by atoms with Gasteiger partial charge in [-0.2, -0.15) is 5.26 Å². The summed E-state index contributed by atoms with van der Waals surface area (Å²) in [4.78, 5) is 14.1. The Morgan fingerprint density at radius 2 is 1.90 bits per heavy atom. The molecule has 0 radical (unpaired) electrons. The van der Waals surface area contributed by atoms with Gasteiger partial charge in [0.15, 0.2) is 11.6 Å². The number of carbonyl (C=O) groups is 1. The van der Waals surface area contributed by atoms with E-state index in [1.807, 2.05) is 12.1 Å². The fraction of sp³-hybridized carbons (Fsp3) is 0.364. The van der Waals surface area contributed by atoms with E-state index >= 15 is 0 Å². The molecular weight excluding hydrogens is 395 g/mol. The number of benzene rings is 2. The van der Waals surface area contributed by atoms with Crippen molar-refractivity contribution in [2.45, 2.75) is 38.0 Å². The van der Waals surface area contributed by atoms with Gasteiger partial charge in [-0.1, -0.05) is 12.1 Å². The number of likely N-dealkylation sites (tertiary alicyclic amines) is 1. The van der Waals surface area contributed by atoms with Crippen LogP contribution in [0.25, 0.3) is 0 Å². The van der Waals surface area contributed by atoms with Crippen molar-refractivity contribution in [3.8, 4) is 6.07 Å². The highest BCUT2D eigenvalue weighted by atomic mass is 19.2. The third kappa shape index (κ3) is 5.59. The summed E-state index contributed by atoms with van der Waals surface area (Å²) >= 11 is 0. The first-order chi connectivity index (χ1) is 14.4. The second kappa shape index (κ2) is 9.74. The molecule has 1 aliphatic heterocycles. The van der Waals surface area contributed by atoms with E-state index < -0.39 is 23.5 Å². The van der Waals surface area contributed by atoms with Crippen LogP contribution in [0.15, 0.2) is 36.4 Å². The quantitative estimate of drug-likeness (QED) is 0.703. The molecule has 1 amide bonds. The summed E-state index contributed by atoms with van der Waals surface area (Å²) < 4.78 is 45.9. The second-order valence-electron chi connectivity index (χ2n) is 7.40. The number of carbonyl (C=O) groups excluding carboxylic acids is 1. The van der Waals surface area contributed by atoms with Gasteiger partial charge < -0.3 is 15.4 Å². The minimum atomic E-state index is -1.26. The van der Waals surface area contributed by atoms with Crippen LogP contribution < -0.4 is 5.73 Å². The van der Waals surface area contributed by atoms with Crippen LogP contribution in [0.4, 0.5) is 13.2 Å². The van der Waals surface area contributed by atoms with Crippen molar-refractivity contribution >= 4 is 5.91 Å². The lowest BCUT2D eigenvalue weighted by molar-refractivity contribution is -0.131. The maximum absolute atomic E-state index is 13.8. The Hall–Kier alpha value is -2.89. The molecule has 2 aromatic rings. The minimum Gasteiger partial charge on any atom is -0.372 e. The third-order valence-corrected chi connectivity index (χ3v) is 5.07. The molecule has 0 spiro atoms. The van der Waals surface area contributed by atoms with Crippen molar-refractivity contribution in [2.75, 3.05) is 13.1 Å². The molecule has 30 heavy (non-hydrogen) atoms. The lowest BCUT2D eigenvalue weighted by Crippen LogP contribution is -2.36. The first kappa shape index (κ1) is 21.8. The molecule has 0 aromatic heterocycles. The lowest BCUT2D eigenvalue weighted by Gasteiger charge is -2.19. The van der Waals surface area contributed by atoms with Gasteiger partial charge in [0.1, 0.15) is 5.82 Å². The number of amides is 1. The van der Waals surface area contributed by atoms with Gasteiger partial charge in [-0.05, 0) is 42.2 Å². The summed E-state index contributed by atoms with van der Waals surface area (Å²) in [6, 6.07) is 9.70. The molecule has 8 heteroatoms. The standard InChI is InChI=1S/C22H22F3N3O2/c23-19-10-21(25)20(24)8-16(19)7-17(27)9-22(29)28-6-5-18(12-28)30-13-15-3-1-14(11-26)2-4-15/h1-4,8,10,17-18H,5-7,9,12-13,27H2/t17-,18+/m1/s1. The largest absolute Gasteiger partial charge is 0.372 e. The van der Waals surface area contributed by atoms with Crippen LogP contribution in [0.3, 0.4) is 0 Å². The third-order valence-electron chi connectivity index (χ3n) is 5.07. The Kier molecular flexibility index (Phi) is 7.08. The van der Waals surface area contributed by atoms with Gasteiger partial charge in [0, 0.05) is 31.6 Å². The molecule has 5 nitrogen and oxygen atoms in total. The molecule has 1 aliphatic rings. The van der Waals surface area contributed by atoms with Crippen LogP contribution in [-0.2, 0) is 22.6 Å². The van der Waals surface area contributed by atoms with E-state index in [1.165, 1.54) is 0 Å². The lowest BCUT2D eigenvalue weighted by atomic mass is 10.0. The topological polar surface area (TPSA) is 79.3 Å². The number of nitrogens with zero attached hydrogens (tertiary/aromatic N) is 2. The van der Waals surface area contributed by atoms with Crippen molar-refractivity contribution < 1.29 is 22.7 Å². The van der Waals surface area contributed by atoms with E-state index in [0.29, 0.717) is 37.7 Å². The van der Waals surface area contributed by atoms with Crippen LogP contribution in [0, 0.1) is 28.8 Å². The zero-order valence-electron chi connectivity index (χ0n) is 16.3. The number of hydrogen-bond acceptors (Lipinski definition) is 4. The predicted molar refractivity (Wildman–Crippen MR) is 104 cm³/mol. The fourth-order valence-electron chi connectivity index (χ4n) is 3.41. The predicted octanol–water partition coefficient (Wildman–Crippen LogP) is 3.05. The Morgan fingerprint density at radius 3 is 2.60 bits per heavy atom. The highest BCUT2D eigenvalue weighted by Gasteiger charge is 2.28. The van der Waals surface area contributed by atoms with E-state index in [1.54, 1.807) is 17.0 Å². The van der Waals surface area contributed by atoms with Gasteiger partial charge in [-0.25, -0.2) is 13.2 Å². The van der Waals surface area contributed by atoms with Crippen molar-refractivity contribution in [3.05, 3.63) is 70.5 Å². The Labute approximate surface area is 172 Å².